The van der Waals surface area contributed by atoms with Crippen LogP contribution in [0.3, 0.4) is 0 Å². The van der Waals surface area contributed by atoms with Crippen molar-refractivity contribution in [3.05, 3.63) is 194 Å². The Balaban J connectivity index is 1.37. The van der Waals surface area contributed by atoms with Crippen LogP contribution in [0.25, 0.3) is 33.4 Å². The van der Waals surface area contributed by atoms with Crippen LogP contribution < -0.4 is 9.80 Å². The molecule has 0 saturated carbocycles. The van der Waals surface area contributed by atoms with Crippen LogP contribution in [0.1, 0.15) is 0 Å². The van der Waals surface area contributed by atoms with Gasteiger partial charge in [-0.05, 0) is 130 Å². The van der Waals surface area contributed by atoms with Gasteiger partial charge in [-0.3, -0.25) is 0 Å². The van der Waals surface area contributed by atoms with Crippen molar-refractivity contribution in [2.45, 2.75) is 0 Å². The first-order valence-corrected chi connectivity index (χ1v) is 17.6. The fraction of sp³-hybridized carbons (Fsp3) is 0. The third-order valence-corrected chi connectivity index (χ3v) is 9.33. The molecule has 0 heterocycles. The summed E-state index contributed by atoms with van der Waals surface area (Å²) < 4.78 is 0. The van der Waals surface area contributed by atoms with Gasteiger partial charge in [-0.25, -0.2) is 0 Å². The van der Waals surface area contributed by atoms with E-state index < -0.39 is 0 Å². The van der Waals surface area contributed by atoms with Crippen molar-refractivity contribution >= 4 is 34.1 Å². The number of phenolic OH excluding ortho intramolecular Hbond substituents is 4. The number of phenols is 4. The second-order valence-electron chi connectivity index (χ2n) is 12.9. The minimum Gasteiger partial charge on any atom is -0.508 e. The van der Waals surface area contributed by atoms with Crippen molar-refractivity contribution in [1.29, 1.82) is 0 Å². The molecule has 6 nitrogen and oxygen atoms in total. The fourth-order valence-electron chi connectivity index (χ4n) is 6.95. The molecule has 262 valence electrons. The van der Waals surface area contributed by atoms with E-state index in [-0.39, 0.29) is 23.0 Å². The molecule has 0 unspecified atom stereocenters. The van der Waals surface area contributed by atoms with Crippen LogP contribution in [0.4, 0.5) is 34.1 Å². The predicted molar refractivity (Wildman–Crippen MR) is 219 cm³/mol. The zero-order chi connectivity index (χ0) is 37.0. The zero-order valence-electron chi connectivity index (χ0n) is 29.2. The maximum Gasteiger partial charge on any atom is 0.117 e. The van der Waals surface area contributed by atoms with Gasteiger partial charge in [-0.15, -0.1) is 0 Å². The van der Waals surface area contributed by atoms with Crippen molar-refractivity contribution in [2.24, 2.45) is 0 Å². The summed E-state index contributed by atoms with van der Waals surface area (Å²) in [6.07, 6.45) is 0. The highest BCUT2D eigenvalue weighted by atomic mass is 16.3. The molecule has 8 aromatic carbocycles. The van der Waals surface area contributed by atoms with Crippen molar-refractivity contribution < 1.29 is 20.4 Å². The van der Waals surface area contributed by atoms with Gasteiger partial charge in [0.05, 0.1) is 0 Å². The Morgan fingerprint density at radius 3 is 0.944 bits per heavy atom. The smallest absolute Gasteiger partial charge is 0.117 e. The quantitative estimate of drug-likeness (QED) is 0.120. The Kier molecular flexibility index (Phi) is 9.14. The molecule has 0 aliphatic heterocycles. The summed E-state index contributed by atoms with van der Waals surface area (Å²) >= 11 is 0. The van der Waals surface area contributed by atoms with E-state index in [2.05, 4.69) is 46.2 Å². The molecule has 0 fully saturated rings. The number of rotatable bonds is 9. The van der Waals surface area contributed by atoms with Gasteiger partial charge in [0.15, 0.2) is 0 Å². The molecule has 0 atom stereocenters. The van der Waals surface area contributed by atoms with Gasteiger partial charge in [0.25, 0.3) is 0 Å². The largest absolute Gasteiger partial charge is 0.508 e. The summed E-state index contributed by atoms with van der Waals surface area (Å²) in [5.74, 6) is 0.601. The fourth-order valence-corrected chi connectivity index (χ4v) is 6.95. The second kappa shape index (κ2) is 14.7. The number of nitrogens with zero attached hydrogens (tertiary/aromatic N) is 2. The van der Waals surface area contributed by atoms with Gasteiger partial charge in [0.2, 0.25) is 0 Å². The van der Waals surface area contributed by atoms with E-state index in [9.17, 15) is 20.4 Å². The first-order chi connectivity index (χ1) is 26.4. The van der Waals surface area contributed by atoms with Crippen molar-refractivity contribution in [2.75, 3.05) is 9.80 Å². The van der Waals surface area contributed by atoms with Crippen molar-refractivity contribution in [3.8, 4) is 56.4 Å². The highest BCUT2D eigenvalue weighted by Crippen LogP contribution is 2.46. The molecule has 0 radical (unpaired) electrons. The molecule has 6 heteroatoms. The van der Waals surface area contributed by atoms with Crippen LogP contribution in [0, 0.1) is 0 Å². The van der Waals surface area contributed by atoms with E-state index in [1.54, 1.807) is 48.5 Å². The Hall–Kier alpha value is -7.44. The minimum absolute atomic E-state index is 0.143. The number of hydrogen-bond acceptors (Lipinski definition) is 6. The third kappa shape index (κ3) is 6.92. The summed E-state index contributed by atoms with van der Waals surface area (Å²) in [6.45, 7) is 0. The summed E-state index contributed by atoms with van der Waals surface area (Å²) in [7, 11) is 0. The standard InChI is InChI=1S/C48H36N2O4/c51-41-19-7-11-33(27-41)47-31-39(49(35-13-3-1-4-14-35)37-17-9-21-43(53)29-37)23-25-45(47)46-26-24-40(32-48(46)34-12-8-20-42(52)28-34)50(36-15-5-2-6-16-36)38-18-10-22-44(54)30-38/h1-32,51-54H. The minimum atomic E-state index is 0.143. The molecule has 8 rings (SSSR count). The molecular formula is C48H36N2O4. The van der Waals surface area contributed by atoms with Gasteiger partial charge >= 0.3 is 0 Å². The van der Waals surface area contributed by atoms with Crippen LogP contribution in [-0.4, -0.2) is 20.4 Å². The van der Waals surface area contributed by atoms with Crippen LogP contribution >= 0.6 is 0 Å². The van der Waals surface area contributed by atoms with Gasteiger partial charge in [-0.1, -0.05) is 84.9 Å². The molecular weight excluding hydrogens is 669 g/mol. The summed E-state index contributed by atoms with van der Waals surface area (Å²) in [5.41, 5.74) is 10.3. The molecule has 0 bridgehead atoms. The lowest BCUT2D eigenvalue weighted by molar-refractivity contribution is 0.475. The predicted octanol–water partition coefficient (Wildman–Crippen LogP) is 12.4. The zero-order valence-corrected chi connectivity index (χ0v) is 29.2. The number of para-hydroxylation sites is 2. The maximum atomic E-state index is 10.7. The Labute approximate surface area is 314 Å². The van der Waals surface area contributed by atoms with Crippen LogP contribution in [0.15, 0.2) is 194 Å². The van der Waals surface area contributed by atoms with Crippen LogP contribution in [0.5, 0.6) is 23.0 Å². The van der Waals surface area contributed by atoms with E-state index >= 15 is 0 Å². The molecule has 0 aliphatic carbocycles. The average molecular weight is 705 g/mol. The molecule has 8 aromatic rings. The lowest BCUT2D eigenvalue weighted by Crippen LogP contribution is -2.10. The number of aromatic hydroxyl groups is 4. The molecule has 0 aromatic heterocycles. The second-order valence-corrected chi connectivity index (χ2v) is 12.9. The maximum absolute atomic E-state index is 10.7. The van der Waals surface area contributed by atoms with Gasteiger partial charge < -0.3 is 30.2 Å². The van der Waals surface area contributed by atoms with Gasteiger partial charge in [0.1, 0.15) is 23.0 Å². The lowest BCUT2D eigenvalue weighted by Gasteiger charge is -2.28. The summed E-state index contributed by atoms with van der Waals surface area (Å²) in [6, 6.07) is 61.2. The molecule has 0 amide bonds. The highest BCUT2D eigenvalue weighted by Gasteiger charge is 2.21. The SMILES string of the molecule is Oc1cccc(-c2cc(N(c3ccccc3)c3cccc(O)c3)ccc2-c2ccc(N(c3ccccc3)c3cccc(O)c3)cc2-c2cccc(O)c2)c1. The van der Waals surface area contributed by atoms with Crippen LogP contribution in [-0.2, 0) is 0 Å². The number of benzene rings is 8. The topological polar surface area (TPSA) is 87.4 Å². The Bertz CT molecular complexity index is 2390. The molecule has 0 aliphatic rings. The lowest BCUT2D eigenvalue weighted by atomic mass is 9.88. The summed E-state index contributed by atoms with van der Waals surface area (Å²) in [5, 5.41) is 42.4. The van der Waals surface area contributed by atoms with E-state index in [0.29, 0.717) is 0 Å². The molecule has 4 N–H and O–H groups in total. The van der Waals surface area contributed by atoms with E-state index in [1.165, 1.54) is 0 Å². The molecule has 0 saturated heterocycles. The Morgan fingerprint density at radius 1 is 0.241 bits per heavy atom. The third-order valence-electron chi connectivity index (χ3n) is 9.33. The van der Waals surface area contributed by atoms with Crippen LogP contribution in [0.2, 0.25) is 0 Å². The molecule has 0 spiro atoms. The number of anilines is 6. The van der Waals surface area contributed by atoms with Crippen molar-refractivity contribution in [3.63, 3.8) is 0 Å². The normalized spacial score (nSPS) is 10.9. The van der Waals surface area contributed by atoms with Gasteiger partial charge in [-0.2, -0.15) is 0 Å². The van der Waals surface area contributed by atoms with E-state index in [1.807, 2.05) is 109 Å². The number of hydrogen-bond donors (Lipinski definition) is 4. The first-order valence-electron chi connectivity index (χ1n) is 17.6. The van der Waals surface area contributed by atoms with E-state index in [4.69, 9.17) is 0 Å². The summed E-state index contributed by atoms with van der Waals surface area (Å²) in [4.78, 5) is 4.17. The first kappa shape index (κ1) is 33.7. The highest BCUT2D eigenvalue weighted by molar-refractivity contribution is 5.96. The van der Waals surface area contributed by atoms with Gasteiger partial charge in [0, 0.05) is 46.3 Å². The average Bonchev–Trinajstić information content (AvgIpc) is 3.19. The molecule has 54 heavy (non-hydrogen) atoms. The Morgan fingerprint density at radius 2 is 0.574 bits per heavy atom. The monoisotopic (exact) mass is 704 g/mol. The van der Waals surface area contributed by atoms with Crippen molar-refractivity contribution in [1.82, 2.24) is 0 Å². The van der Waals surface area contributed by atoms with E-state index in [0.717, 1.165) is 67.5 Å².